The van der Waals surface area contributed by atoms with Gasteiger partial charge in [0.2, 0.25) is 5.91 Å². The molecule has 1 saturated heterocycles. The molecule has 3 aliphatic rings. The third-order valence-corrected chi connectivity index (χ3v) is 7.40. The van der Waals surface area contributed by atoms with Crippen molar-refractivity contribution in [3.05, 3.63) is 65.2 Å². The Morgan fingerprint density at radius 3 is 2.39 bits per heavy atom. The van der Waals surface area contributed by atoms with Crippen LogP contribution < -0.4 is 9.47 Å². The maximum Gasteiger partial charge on any atom is 0.239 e. The fourth-order valence-corrected chi connectivity index (χ4v) is 5.89. The number of fused-ring (bicyclic) bond motifs is 2. The number of aliphatic imine (C=N–C) groups is 1. The number of carbonyl (C=O) groups is 1. The van der Waals surface area contributed by atoms with Gasteiger partial charge >= 0.3 is 0 Å². The Balaban J connectivity index is 1.54. The third-order valence-electron chi connectivity index (χ3n) is 6.45. The minimum Gasteiger partial charge on any atom is -0.497 e. The first-order valence-electron chi connectivity index (χ1n) is 10.7. The van der Waals surface area contributed by atoms with E-state index in [1.54, 1.807) is 26.0 Å². The summed E-state index contributed by atoms with van der Waals surface area (Å²) in [6.07, 6.45) is 5.49. The second-order valence-corrected chi connectivity index (χ2v) is 9.12. The number of ether oxygens (including phenoxy) is 2. The van der Waals surface area contributed by atoms with E-state index in [0.29, 0.717) is 5.75 Å². The molecule has 1 aliphatic carbocycles. The highest BCUT2D eigenvalue weighted by Crippen LogP contribution is 2.48. The highest BCUT2D eigenvalue weighted by Gasteiger charge is 2.47. The Morgan fingerprint density at radius 2 is 1.71 bits per heavy atom. The number of amides is 1. The SMILES string of the molecule is COc1ccc(C=C2CCCC3C2N=C2SCC(=O)N2C3c2ccc(OC)cc2)cc1. The van der Waals surface area contributed by atoms with Crippen molar-refractivity contribution in [2.45, 2.75) is 31.3 Å². The van der Waals surface area contributed by atoms with Crippen LogP contribution in [0.2, 0.25) is 0 Å². The maximum atomic E-state index is 12.8. The van der Waals surface area contributed by atoms with Gasteiger partial charge in [0.05, 0.1) is 32.1 Å². The van der Waals surface area contributed by atoms with E-state index in [1.807, 2.05) is 29.2 Å². The number of nitrogens with zero attached hydrogens (tertiary/aromatic N) is 2. The molecule has 0 spiro atoms. The van der Waals surface area contributed by atoms with E-state index in [2.05, 4.69) is 30.3 Å². The van der Waals surface area contributed by atoms with Gasteiger partial charge in [-0.15, -0.1) is 0 Å². The van der Waals surface area contributed by atoms with Crippen LogP contribution >= 0.6 is 11.8 Å². The molecule has 0 bridgehead atoms. The Kier molecular flexibility index (Phi) is 5.48. The van der Waals surface area contributed by atoms with Gasteiger partial charge in [0, 0.05) is 5.92 Å². The number of thioether (sulfide) groups is 1. The number of rotatable bonds is 4. The van der Waals surface area contributed by atoms with Gasteiger partial charge in [0.25, 0.3) is 0 Å². The summed E-state index contributed by atoms with van der Waals surface area (Å²) < 4.78 is 10.6. The van der Waals surface area contributed by atoms with Crippen LogP contribution in [-0.4, -0.2) is 42.0 Å². The lowest BCUT2D eigenvalue weighted by atomic mass is 9.73. The number of hydrogen-bond donors (Lipinski definition) is 0. The third kappa shape index (κ3) is 3.74. The van der Waals surface area contributed by atoms with Crippen LogP contribution in [0.4, 0.5) is 0 Å². The molecular formula is C25H26N2O3S. The van der Waals surface area contributed by atoms with Crippen molar-refractivity contribution in [1.29, 1.82) is 0 Å². The van der Waals surface area contributed by atoms with Gasteiger partial charge in [-0.3, -0.25) is 14.7 Å². The van der Waals surface area contributed by atoms with Crippen molar-refractivity contribution in [2.24, 2.45) is 10.9 Å². The normalized spacial score (nSPS) is 26.3. The second kappa shape index (κ2) is 8.42. The first-order chi connectivity index (χ1) is 15.2. The van der Waals surface area contributed by atoms with Gasteiger partial charge in [-0.1, -0.05) is 42.1 Å². The van der Waals surface area contributed by atoms with Crippen LogP contribution in [0.1, 0.15) is 36.4 Å². The standard InChI is InChI=1S/C25H26N2O3S/c1-29-19-10-6-16(7-11-19)14-18-4-3-5-21-23(18)26-25-27(22(28)15-31-25)24(21)17-8-12-20(30-2)13-9-17/h6-14,21,23-24H,3-5,15H2,1-2H3. The molecule has 2 aromatic rings. The smallest absolute Gasteiger partial charge is 0.239 e. The predicted octanol–water partition coefficient (Wildman–Crippen LogP) is 4.94. The molecule has 1 amide bonds. The molecule has 0 radical (unpaired) electrons. The second-order valence-electron chi connectivity index (χ2n) is 8.18. The van der Waals surface area contributed by atoms with Crippen LogP contribution in [0.5, 0.6) is 11.5 Å². The molecule has 160 valence electrons. The van der Waals surface area contributed by atoms with Gasteiger partial charge < -0.3 is 9.47 Å². The van der Waals surface area contributed by atoms with E-state index in [0.717, 1.165) is 47.1 Å². The number of benzene rings is 2. The van der Waals surface area contributed by atoms with Crippen molar-refractivity contribution in [3.63, 3.8) is 0 Å². The molecule has 2 fully saturated rings. The Bertz CT molecular complexity index is 1030. The molecule has 6 heteroatoms. The van der Waals surface area contributed by atoms with Crippen molar-refractivity contribution < 1.29 is 14.3 Å². The average Bonchev–Trinajstić information content (AvgIpc) is 3.19. The van der Waals surface area contributed by atoms with Crippen molar-refractivity contribution in [2.75, 3.05) is 20.0 Å². The Labute approximate surface area is 187 Å². The molecular weight excluding hydrogens is 408 g/mol. The van der Waals surface area contributed by atoms with E-state index in [9.17, 15) is 4.79 Å². The first-order valence-corrected chi connectivity index (χ1v) is 11.7. The lowest BCUT2D eigenvalue weighted by molar-refractivity contribution is -0.127. The van der Waals surface area contributed by atoms with Gasteiger partial charge in [0.15, 0.2) is 5.17 Å². The van der Waals surface area contributed by atoms with Crippen LogP contribution in [0.25, 0.3) is 6.08 Å². The molecule has 2 heterocycles. The predicted molar refractivity (Wildman–Crippen MR) is 125 cm³/mol. The van der Waals surface area contributed by atoms with Gasteiger partial charge in [-0.25, -0.2) is 0 Å². The lowest BCUT2D eigenvalue weighted by Crippen LogP contribution is -2.47. The topological polar surface area (TPSA) is 51.1 Å². The van der Waals surface area contributed by atoms with Gasteiger partial charge in [0.1, 0.15) is 11.5 Å². The largest absolute Gasteiger partial charge is 0.497 e. The summed E-state index contributed by atoms with van der Waals surface area (Å²) in [7, 11) is 3.36. The van der Waals surface area contributed by atoms with E-state index < -0.39 is 0 Å². The zero-order valence-electron chi connectivity index (χ0n) is 17.8. The molecule has 31 heavy (non-hydrogen) atoms. The summed E-state index contributed by atoms with van der Waals surface area (Å²) in [5.74, 6) is 2.60. The van der Waals surface area contributed by atoms with E-state index in [-0.39, 0.29) is 23.9 Å². The molecule has 5 rings (SSSR count). The minimum atomic E-state index is 0.0190. The zero-order valence-corrected chi connectivity index (χ0v) is 18.6. The molecule has 2 aliphatic heterocycles. The highest BCUT2D eigenvalue weighted by atomic mass is 32.2. The van der Waals surface area contributed by atoms with Crippen LogP contribution in [0.3, 0.4) is 0 Å². The maximum absolute atomic E-state index is 12.8. The van der Waals surface area contributed by atoms with Crippen LogP contribution in [-0.2, 0) is 4.79 Å². The Hall–Kier alpha value is -2.73. The summed E-state index contributed by atoms with van der Waals surface area (Å²) in [4.78, 5) is 19.8. The zero-order chi connectivity index (χ0) is 21.4. The summed E-state index contributed by atoms with van der Waals surface area (Å²) in [6.45, 7) is 0. The van der Waals surface area contributed by atoms with Gasteiger partial charge in [-0.2, -0.15) is 0 Å². The van der Waals surface area contributed by atoms with Crippen molar-refractivity contribution in [3.8, 4) is 11.5 Å². The van der Waals surface area contributed by atoms with Gasteiger partial charge in [-0.05, 0) is 60.2 Å². The lowest BCUT2D eigenvalue weighted by Gasteiger charge is -2.44. The van der Waals surface area contributed by atoms with Crippen LogP contribution in [0.15, 0.2) is 59.1 Å². The molecule has 5 nitrogen and oxygen atoms in total. The van der Waals surface area contributed by atoms with Crippen molar-refractivity contribution >= 4 is 28.9 Å². The van der Waals surface area contributed by atoms with Crippen molar-refractivity contribution in [1.82, 2.24) is 4.90 Å². The van der Waals surface area contributed by atoms with E-state index in [1.165, 1.54) is 5.57 Å². The molecule has 3 unspecified atom stereocenters. The quantitative estimate of drug-likeness (QED) is 0.684. The highest BCUT2D eigenvalue weighted by molar-refractivity contribution is 8.15. The minimum absolute atomic E-state index is 0.0190. The molecule has 0 aromatic heterocycles. The first kappa shape index (κ1) is 20.2. The fraction of sp³-hybridized carbons (Fsp3) is 0.360. The van der Waals surface area contributed by atoms with Crippen LogP contribution in [0, 0.1) is 5.92 Å². The molecule has 3 atom stereocenters. The van der Waals surface area contributed by atoms with E-state index >= 15 is 0 Å². The van der Waals surface area contributed by atoms with E-state index in [4.69, 9.17) is 14.5 Å². The summed E-state index contributed by atoms with van der Waals surface area (Å²) in [6, 6.07) is 16.5. The Morgan fingerprint density at radius 1 is 1.03 bits per heavy atom. The number of amidine groups is 1. The fourth-order valence-electron chi connectivity index (χ4n) is 4.96. The summed E-state index contributed by atoms with van der Waals surface area (Å²) in [5, 5.41) is 0.870. The number of methoxy groups -OCH3 is 2. The molecule has 1 saturated carbocycles. The summed E-state index contributed by atoms with van der Waals surface area (Å²) >= 11 is 1.57. The average molecular weight is 435 g/mol. The molecule has 2 aromatic carbocycles. The number of hydrogen-bond acceptors (Lipinski definition) is 5. The molecule has 0 N–H and O–H groups in total. The number of carbonyl (C=O) groups excluding carboxylic acids is 1. The summed E-state index contributed by atoms with van der Waals surface area (Å²) in [5.41, 5.74) is 3.67. The monoisotopic (exact) mass is 434 g/mol.